The van der Waals surface area contributed by atoms with Gasteiger partial charge in [0.2, 0.25) is 0 Å². The van der Waals surface area contributed by atoms with Gasteiger partial charge < -0.3 is 13.7 Å². The highest BCUT2D eigenvalue weighted by atomic mass is 32.1. The fourth-order valence-corrected chi connectivity index (χ4v) is 9.90. The molecule has 0 amide bonds. The van der Waals surface area contributed by atoms with E-state index in [0.29, 0.717) is 0 Å². The molecule has 0 aliphatic heterocycles. The van der Waals surface area contributed by atoms with Crippen LogP contribution in [0.15, 0.2) is 209 Å². The third-order valence-corrected chi connectivity index (χ3v) is 12.7. The Balaban J connectivity index is 0.951. The zero-order valence-corrected chi connectivity index (χ0v) is 32.0. The average Bonchev–Trinajstić information content (AvgIpc) is 3.98. The lowest BCUT2D eigenvalue weighted by molar-refractivity contribution is 0.668. The van der Waals surface area contributed by atoms with E-state index in [2.05, 4.69) is 181 Å². The number of hydrogen-bond acceptors (Lipinski definition) is 4. The first-order valence-corrected chi connectivity index (χ1v) is 20.4. The van der Waals surface area contributed by atoms with Crippen molar-refractivity contribution in [1.82, 2.24) is 0 Å². The van der Waals surface area contributed by atoms with Crippen molar-refractivity contribution in [1.29, 1.82) is 0 Å². The Morgan fingerprint density at radius 3 is 1.50 bits per heavy atom. The lowest BCUT2D eigenvalue weighted by Crippen LogP contribution is -2.09. The Labute approximate surface area is 338 Å². The van der Waals surface area contributed by atoms with Gasteiger partial charge in [-0.3, -0.25) is 0 Å². The molecule has 0 saturated heterocycles. The van der Waals surface area contributed by atoms with Crippen LogP contribution in [0.1, 0.15) is 0 Å². The van der Waals surface area contributed by atoms with Crippen LogP contribution in [0.5, 0.6) is 0 Å². The molecule has 3 aromatic heterocycles. The van der Waals surface area contributed by atoms with Crippen LogP contribution in [0.3, 0.4) is 0 Å². The van der Waals surface area contributed by atoms with Gasteiger partial charge in [-0.25, -0.2) is 0 Å². The summed E-state index contributed by atoms with van der Waals surface area (Å²) in [6, 6.07) is 71.5. The maximum atomic E-state index is 6.24. The van der Waals surface area contributed by atoms with Gasteiger partial charge in [-0.2, -0.15) is 0 Å². The van der Waals surface area contributed by atoms with Gasteiger partial charge >= 0.3 is 0 Å². The first-order valence-electron chi connectivity index (χ1n) is 19.6. The molecular formula is C54H33NO2S. The zero-order chi connectivity index (χ0) is 38.2. The second-order valence-electron chi connectivity index (χ2n) is 14.8. The van der Waals surface area contributed by atoms with Crippen LogP contribution >= 0.6 is 11.3 Å². The number of furan rings is 2. The number of thiophene rings is 1. The van der Waals surface area contributed by atoms with E-state index < -0.39 is 0 Å². The summed E-state index contributed by atoms with van der Waals surface area (Å²) in [4.78, 5) is 2.34. The second kappa shape index (κ2) is 13.1. The topological polar surface area (TPSA) is 29.5 Å². The molecule has 0 aliphatic carbocycles. The van der Waals surface area contributed by atoms with Gasteiger partial charge in [0, 0.05) is 58.8 Å². The molecule has 0 spiro atoms. The summed E-state index contributed by atoms with van der Waals surface area (Å²) in [6.07, 6.45) is 0. The summed E-state index contributed by atoms with van der Waals surface area (Å²) < 4.78 is 15.1. The van der Waals surface area contributed by atoms with Crippen molar-refractivity contribution in [2.45, 2.75) is 0 Å². The van der Waals surface area contributed by atoms with Crippen molar-refractivity contribution in [3.05, 3.63) is 200 Å². The van der Waals surface area contributed by atoms with E-state index in [4.69, 9.17) is 8.83 Å². The summed E-state index contributed by atoms with van der Waals surface area (Å²) >= 11 is 1.86. The number of anilines is 3. The minimum absolute atomic E-state index is 0.898. The molecule has 3 nitrogen and oxygen atoms in total. The van der Waals surface area contributed by atoms with Crippen molar-refractivity contribution >= 4 is 92.4 Å². The van der Waals surface area contributed by atoms with Crippen LogP contribution in [0.25, 0.3) is 97.4 Å². The number of benzene rings is 9. The summed E-state index contributed by atoms with van der Waals surface area (Å²) in [5, 5.41) is 7.17. The fourth-order valence-electron chi connectivity index (χ4n) is 8.77. The Hall–Kier alpha value is -7.40. The van der Waals surface area contributed by atoms with Crippen LogP contribution in [0, 0.1) is 0 Å². The molecule has 12 rings (SSSR count). The quantitative estimate of drug-likeness (QED) is 0.169. The third kappa shape index (κ3) is 5.27. The smallest absolute Gasteiger partial charge is 0.136 e. The highest BCUT2D eigenvalue weighted by Crippen LogP contribution is 2.43. The van der Waals surface area contributed by atoms with E-state index >= 15 is 0 Å². The Morgan fingerprint density at radius 2 is 0.793 bits per heavy atom. The molecule has 272 valence electrons. The number of hydrogen-bond donors (Lipinski definition) is 0. The largest absolute Gasteiger partial charge is 0.456 e. The van der Waals surface area contributed by atoms with Crippen molar-refractivity contribution in [3.63, 3.8) is 0 Å². The lowest BCUT2D eigenvalue weighted by Gasteiger charge is -2.26. The van der Waals surface area contributed by atoms with Crippen molar-refractivity contribution in [3.8, 4) is 33.4 Å². The van der Waals surface area contributed by atoms with Gasteiger partial charge in [-0.05, 0) is 112 Å². The van der Waals surface area contributed by atoms with Gasteiger partial charge in [-0.15, -0.1) is 11.3 Å². The molecule has 12 aromatic rings. The first kappa shape index (κ1) is 32.8. The zero-order valence-electron chi connectivity index (χ0n) is 31.2. The monoisotopic (exact) mass is 759 g/mol. The van der Waals surface area contributed by atoms with E-state index in [0.717, 1.165) is 83.2 Å². The number of nitrogens with zero attached hydrogens (tertiary/aromatic N) is 1. The van der Waals surface area contributed by atoms with Gasteiger partial charge in [-0.1, -0.05) is 121 Å². The molecule has 0 bridgehead atoms. The molecule has 0 aliphatic rings. The van der Waals surface area contributed by atoms with Crippen LogP contribution < -0.4 is 4.90 Å². The maximum Gasteiger partial charge on any atom is 0.136 e. The molecule has 0 atom stereocenters. The van der Waals surface area contributed by atoms with E-state index in [1.807, 2.05) is 35.6 Å². The molecular weight excluding hydrogens is 727 g/mol. The van der Waals surface area contributed by atoms with Crippen molar-refractivity contribution in [2.24, 2.45) is 0 Å². The summed E-state index contributed by atoms with van der Waals surface area (Å²) in [7, 11) is 0. The second-order valence-corrected chi connectivity index (χ2v) is 15.9. The molecule has 3 heterocycles. The minimum atomic E-state index is 0.898. The number of rotatable bonds is 6. The first-order chi connectivity index (χ1) is 28.7. The molecule has 4 heteroatoms. The highest BCUT2D eigenvalue weighted by Gasteiger charge is 2.17. The molecule has 0 saturated carbocycles. The summed E-state index contributed by atoms with van der Waals surface area (Å²) in [5.74, 6) is 0. The Bertz CT molecular complexity index is 3340. The Morgan fingerprint density at radius 1 is 0.310 bits per heavy atom. The Kier molecular flexibility index (Phi) is 7.40. The predicted molar refractivity (Wildman–Crippen MR) is 245 cm³/mol. The average molecular weight is 760 g/mol. The molecule has 0 radical (unpaired) electrons. The molecule has 9 aromatic carbocycles. The molecule has 0 unspecified atom stereocenters. The standard InChI is InChI=1S/C54H33NO2S/c1-4-14-47-43(9-1)44-32-25-37(33-50(44)57-47)34-19-26-38(27-20-34)55(39-28-21-35(22-29-39)41-12-7-16-49-53(41)45-10-2-5-15-48(45)56-49)40-30-23-36(24-31-40)42-13-8-18-52-54(42)46-11-3-6-17-51(46)58-52/h1-33H. The van der Waals surface area contributed by atoms with E-state index in [1.165, 1.54) is 31.3 Å². The summed E-state index contributed by atoms with van der Waals surface area (Å²) in [5.41, 5.74) is 13.8. The van der Waals surface area contributed by atoms with Crippen LogP contribution in [-0.4, -0.2) is 0 Å². The van der Waals surface area contributed by atoms with Crippen molar-refractivity contribution < 1.29 is 8.83 Å². The van der Waals surface area contributed by atoms with E-state index in [9.17, 15) is 0 Å². The molecule has 0 N–H and O–H groups in total. The van der Waals surface area contributed by atoms with Crippen LogP contribution in [-0.2, 0) is 0 Å². The van der Waals surface area contributed by atoms with E-state index in [1.54, 1.807) is 0 Å². The van der Waals surface area contributed by atoms with Crippen LogP contribution in [0.2, 0.25) is 0 Å². The molecule has 0 fully saturated rings. The maximum absolute atomic E-state index is 6.24. The normalized spacial score (nSPS) is 11.8. The van der Waals surface area contributed by atoms with Crippen molar-refractivity contribution in [2.75, 3.05) is 4.90 Å². The number of para-hydroxylation sites is 2. The predicted octanol–water partition coefficient (Wildman–Crippen LogP) is 16.3. The third-order valence-electron chi connectivity index (χ3n) is 11.5. The fraction of sp³-hybridized carbons (Fsp3) is 0. The highest BCUT2D eigenvalue weighted by molar-refractivity contribution is 7.25. The molecule has 58 heavy (non-hydrogen) atoms. The lowest BCUT2D eigenvalue weighted by atomic mass is 9.98. The van der Waals surface area contributed by atoms with Gasteiger partial charge in [0.25, 0.3) is 0 Å². The van der Waals surface area contributed by atoms with Crippen LogP contribution in [0.4, 0.5) is 17.1 Å². The van der Waals surface area contributed by atoms with Gasteiger partial charge in [0.1, 0.15) is 22.3 Å². The number of fused-ring (bicyclic) bond motifs is 9. The SMILES string of the molecule is c1ccc2c(c1)oc1cc(-c3ccc(N(c4ccc(-c5cccc6oc7ccccc7c56)cc4)c4ccc(-c5cccc6sc7ccccc7c56)cc4)cc3)ccc12. The summed E-state index contributed by atoms with van der Waals surface area (Å²) in [6.45, 7) is 0. The minimum Gasteiger partial charge on any atom is -0.456 e. The van der Waals surface area contributed by atoms with Gasteiger partial charge in [0.15, 0.2) is 0 Å². The van der Waals surface area contributed by atoms with E-state index in [-0.39, 0.29) is 0 Å². The van der Waals surface area contributed by atoms with Gasteiger partial charge in [0.05, 0.1) is 0 Å².